The van der Waals surface area contributed by atoms with Crippen molar-refractivity contribution in [3.05, 3.63) is 29.3 Å². The van der Waals surface area contributed by atoms with Crippen molar-refractivity contribution in [3.8, 4) is 5.75 Å². The molecule has 4 rings (SSSR count). The summed E-state index contributed by atoms with van der Waals surface area (Å²) in [5.41, 5.74) is 4.84. The Balaban J connectivity index is 2.14. The molecule has 0 spiro atoms. The highest BCUT2D eigenvalue weighted by Gasteiger charge is 2.28. The first-order chi connectivity index (χ1) is 9.29. The van der Waals surface area contributed by atoms with E-state index in [1.807, 2.05) is 12.1 Å². The van der Waals surface area contributed by atoms with Crippen molar-refractivity contribution in [1.29, 1.82) is 0 Å². The van der Waals surface area contributed by atoms with Gasteiger partial charge in [-0.3, -0.25) is 0 Å². The molecule has 1 atom stereocenters. The van der Waals surface area contributed by atoms with E-state index in [4.69, 9.17) is 11.6 Å². The lowest BCUT2D eigenvalue weighted by Crippen LogP contribution is -2.03. The summed E-state index contributed by atoms with van der Waals surface area (Å²) in [5, 5.41) is 19.1. The molecule has 0 aliphatic carbocycles. The van der Waals surface area contributed by atoms with Gasteiger partial charge in [0.25, 0.3) is 0 Å². The number of aromatic hydroxyl groups is 1. The van der Waals surface area contributed by atoms with Crippen LogP contribution in [0.2, 0.25) is 0 Å². The lowest BCUT2D eigenvalue weighted by molar-refractivity contribution is 0.482. The Morgan fingerprint density at radius 1 is 1.26 bits per heavy atom. The summed E-state index contributed by atoms with van der Waals surface area (Å²) in [6.07, 6.45) is 1.01. The van der Waals surface area contributed by atoms with E-state index in [-0.39, 0.29) is 0 Å². The third-order valence-electron chi connectivity index (χ3n) is 4.25. The molecule has 2 heterocycles. The number of phenols is 1. The van der Waals surface area contributed by atoms with Gasteiger partial charge in [0.1, 0.15) is 5.75 Å². The molecule has 0 saturated carbocycles. The second kappa shape index (κ2) is 3.94. The van der Waals surface area contributed by atoms with Gasteiger partial charge in [-0.25, -0.2) is 0 Å². The Hall–Kier alpha value is -1.61. The first-order valence-electron chi connectivity index (χ1n) is 6.64. The quantitative estimate of drug-likeness (QED) is 0.700. The minimum Gasteiger partial charge on any atom is -0.507 e. The molecular formula is C15H15ClN2O. The van der Waals surface area contributed by atoms with Crippen molar-refractivity contribution in [2.75, 3.05) is 29.6 Å². The van der Waals surface area contributed by atoms with Gasteiger partial charge >= 0.3 is 0 Å². The van der Waals surface area contributed by atoms with E-state index in [1.165, 1.54) is 22.2 Å². The van der Waals surface area contributed by atoms with E-state index in [0.717, 1.165) is 30.6 Å². The summed E-state index contributed by atoms with van der Waals surface area (Å²) in [5.74, 6) is 1.29. The number of anilines is 2. The molecule has 2 aliphatic rings. The van der Waals surface area contributed by atoms with E-state index in [1.54, 1.807) is 0 Å². The first-order valence-corrected chi connectivity index (χ1v) is 7.18. The molecule has 0 amide bonds. The average Bonchev–Trinajstić information content (AvgIpc) is 3.03. The number of hydrogen-bond donors (Lipinski definition) is 3. The molecule has 0 radical (unpaired) electrons. The summed E-state index contributed by atoms with van der Waals surface area (Å²) in [6.45, 7) is 1.83. The van der Waals surface area contributed by atoms with Crippen molar-refractivity contribution < 1.29 is 5.11 Å². The number of benzene rings is 2. The zero-order valence-electron chi connectivity index (χ0n) is 10.5. The normalized spacial score (nSPS) is 19.9. The molecule has 0 saturated heterocycles. The average molecular weight is 275 g/mol. The number of rotatable bonds is 1. The first kappa shape index (κ1) is 11.2. The van der Waals surface area contributed by atoms with Gasteiger partial charge in [-0.1, -0.05) is 0 Å². The minimum absolute atomic E-state index is 0.326. The topological polar surface area (TPSA) is 44.3 Å². The molecule has 2 aromatic carbocycles. The van der Waals surface area contributed by atoms with Crippen LogP contribution < -0.4 is 10.6 Å². The molecule has 0 fully saturated rings. The number of hydrogen-bond acceptors (Lipinski definition) is 3. The number of alkyl halides is 1. The van der Waals surface area contributed by atoms with Crippen LogP contribution in [-0.2, 0) is 6.42 Å². The number of fused-ring (bicyclic) bond motifs is 5. The van der Waals surface area contributed by atoms with Gasteiger partial charge < -0.3 is 15.7 Å². The van der Waals surface area contributed by atoms with Gasteiger partial charge in [-0.15, -0.1) is 11.6 Å². The van der Waals surface area contributed by atoms with Gasteiger partial charge in [0, 0.05) is 47.7 Å². The summed E-state index contributed by atoms with van der Waals surface area (Å²) in [6, 6.07) is 5.90. The van der Waals surface area contributed by atoms with Crippen LogP contribution in [0.15, 0.2) is 18.2 Å². The van der Waals surface area contributed by atoms with Crippen molar-refractivity contribution in [3.63, 3.8) is 0 Å². The van der Waals surface area contributed by atoms with E-state index in [2.05, 4.69) is 16.7 Å². The van der Waals surface area contributed by atoms with Crippen LogP contribution in [0, 0.1) is 0 Å². The van der Waals surface area contributed by atoms with Crippen LogP contribution in [0.1, 0.15) is 17.0 Å². The van der Waals surface area contributed by atoms with Crippen LogP contribution >= 0.6 is 11.6 Å². The number of halogens is 1. The molecule has 19 heavy (non-hydrogen) atoms. The Bertz CT molecular complexity index is 684. The third-order valence-corrected chi connectivity index (χ3v) is 4.63. The third kappa shape index (κ3) is 1.45. The predicted octanol–water partition coefficient (Wildman–Crippen LogP) is 3.26. The highest BCUT2D eigenvalue weighted by molar-refractivity contribution is 6.19. The van der Waals surface area contributed by atoms with Crippen LogP contribution in [-0.4, -0.2) is 24.1 Å². The van der Waals surface area contributed by atoms with Crippen molar-refractivity contribution in [2.24, 2.45) is 0 Å². The zero-order chi connectivity index (χ0) is 13.0. The summed E-state index contributed by atoms with van der Waals surface area (Å²) in [4.78, 5) is 0. The molecule has 2 aromatic rings. The Morgan fingerprint density at radius 2 is 2.16 bits per heavy atom. The molecule has 3 nitrogen and oxygen atoms in total. The molecule has 98 valence electrons. The van der Waals surface area contributed by atoms with Gasteiger partial charge in [0.15, 0.2) is 0 Å². The van der Waals surface area contributed by atoms with Gasteiger partial charge in [0.05, 0.1) is 0 Å². The second-order valence-electron chi connectivity index (χ2n) is 5.28. The summed E-state index contributed by atoms with van der Waals surface area (Å²) < 4.78 is 0. The van der Waals surface area contributed by atoms with E-state index in [9.17, 15) is 5.11 Å². The molecule has 0 unspecified atom stereocenters. The Labute approximate surface area is 116 Å². The summed E-state index contributed by atoms with van der Waals surface area (Å²) >= 11 is 6.11. The van der Waals surface area contributed by atoms with Gasteiger partial charge in [-0.05, 0) is 35.1 Å². The maximum absolute atomic E-state index is 10.2. The van der Waals surface area contributed by atoms with Crippen LogP contribution in [0.25, 0.3) is 10.8 Å². The predicted molar refractivity (Wildman–Crippen MR) is 79.8 cm³/mol. The van der Waals surface area contributed by atoms with Crippen LogP contribution in [0.5, 0.6) is 5.75 Å². The van der Waals surface area contributed by atoms with Crippen molar-refractivity contribution in [1.82, 2.24) is 0 Å². The largest absolute Gasteiger partial charge is 0.507 e. The highest BCUT2D eigenvalue weighted by Crippen LogP contribution is 2.45. The highest BCUT2D eigenvalue weighted by atomic mass is 35.5. The fourth-order valence-corrected chi connectivity index (χ4v) is 3.64. The van der Waals surface area contributed by atoms with Crippen molar-refractivity contribution >= 4 is 33.7 Å². The number of nitrogens with one attached hydrogen (secondary N) is 2. The summed E-state index contributed by atoms with van der Waals surface area (Å²) in [7, 11) is 0. The van der Waals surface area contributed by atoms with E-state index < -0.39 is 0 Å². The SMILES string of the molecule is Oc1cc2c(c3c4c(ccc13)NCC4)[C@H](CCl)CN2. The molecule has 4 heteroatoms. The maximum Gasteiger partial charge on any atom is 0.125 e. The smallest absolute Gasteiger partial charge is 0.125 e. The molecule has 0 bridgehead atoms. The monoisotopic (exact) mass is 274 g/mol. The lowest BCUT2D eigenvalue weighted by Gasteiger charge is -2.14. The lowest BCUT2D eigenvalue weighted by atomic mass is 9.91. The van der Waals surface area contributed by atoms with Crippen LogP contribution in [0.3, 0.4) is 0 Å². The maximum atomic E-state index is 10.2. The van der Waals surface area contributed by atoms with Crippen LogP contribution in [0.4, 0.5) is 11.4 Å². The molecular weight excluding hydrogens is 260 g/mol. The molecule has 2 aliphatic heterocycles. The fraction of sp³-hybridized carbons (Fsp3) is 0.333. The zero-order valence-corrected chi connectivity index (χ0v) is 11.2. The molecule has 0 aromatic heterocycles. The van der Waals surface area contributed by atoms with Gasteiger partial charge in [0.2, 0.25) is 0 Å². The minimum atomic E-state index is 0.326. The van der Waals surface area contributed by atoms with Crippen molar-refractivity contribution in [2.45, 2.75) is 12.3 Å². The Kier molecular flexibility index (Phi) is 2.33. The Morgan fingerprint density at radius 3 is 3.00 bits per heavy atom. The van der Waals surface area contributed by atoms with Gasteiger partial charge in [-0.2, -0.15) is 0 Å². The fourth-order valence-electron chi connectivity index (χ4n) is 3.38. The van der Waals surface area contributed by atoms with E-state index >= 15 is 0 Å². The standard InChI is InChI=1S/C15H15ClN2O/c16-6-8-7-18-12-5-13(19)10-1-2-11-9(3-4-17-11)15(10)14(8)12/h1-2,5,8,17-19H,3-4,6-7H2/t8-/m1/s1. The molecule has 3 N–H and O–H groups in total. The van der Waals surface area contributed by atoms with E-state index in [0.29, 0.717) is 17.5 Å². The second-order valence-corrected chi connectivity index (χ2v) is 5.59. The number of phenolic OH excluding ortho intramolecular Hbond substituents is 1.